The van der Waals surface area contributed by atoms with Crippen LogP contribution < -0.4 is 11.1 Å². The number of fused-ring (bicyclic) bond motifs is 1. The smallest absolute Gasteiger partial charge is 0.153 e. The third-order valence-corrected chi connectivity index (χ3v) is 4.56. The van der Waals surface area contributed by atoms with Crippen LogP contribution in [0.5, 0.6) is 0 Å². The molecule has 0 saturated heterocycles. The number of aromatic nitrogens is 3. The first-order chi connectivity index (χ1) is 11.7. The molecule has 2 aromatic heterocycles. The van der Waals surface area contributed by atoms with Gasteiger partial charge in [-0.3, -0.25) is 0 Å². The van der Waals surface area contributed by atoms with Crippen LogP contribution in [0.15, 0.2) is 42.7 Å². The first-order valence-corrected chi connectivity index (χ1v) is 8.02. The van der Waals surface area contributed by atoms with Gasteiger partial charge in [-0.2, -0.15) is 0 Å². The molecule has 6 nitrogen and oxygen atoms in total. The molecule has 0 spiro atoms. The van der Waals surface area contributed by atoms with Gasteiger partial charge in [-0.25, -0.2) is 15.0 Å². The molecule has 4 N–H and O–H groups in total. The number of rotatable bonds is 5. The van der Waals surface area contributed by atoms with Gasteiger partial charge in [0.25, 0.3) is 0 Å². The normalized spacial score (nSPS) is 15.5. The van der Waals surface area contributed by atoms with Crippen molar-refractivity contribution >= 4 is 16.9 Å². The van der Waals surface area contributed by atoms with E-state index in [1.807, 2.05) is 24.3 Å². The molecule has 0 unspecified atom stereocenters. The highest BCUT2D eigenvalue weighted by atomic mass is 16.3. The zero-order valence-electron chi connectivity index (χ0n) is 13.2. The minimum absolute atomic E-state index is 0.0665. The Balaban J connectivity index is 1.62. The first-order valence-electron chi connectivity index (χ1n) is 8.02. The summed E-state index contributed by atoms with van der Waals surface area (Å²) in [6.07, 6.45) is 3.52. The Morgan fingerprint density at radius 1 is 1.17 bits per heavy atom. The number of anilines is 1. The van der Waals surface area contributed by atoms with Gasteiger partial charge in [0.1, 0.15) is 11.8 Å². The quantitative estimate of drug-likeness (QED) is 0.664. The second-order valence-electron chi connectivity index (χ2n) is 6.32. The van der Waals surface area contributed by atoms with Crippen molar-refractivity contribution in [2.45, 2.75) is 24.9 Å². The minimum atomic E-state index is -0.0665. The third kappa shape index (κ3) is 2.81. The lowest BCUT2D eigenvalue weighted by Crippen LogP contribution is -2.34. The van der Waals surface area contributed by atoms with Crippen molar-refractivity contribution in [2.75, 3.05) is 12.3 Å². The molecule has 1 aliphatic carbocycles. The summed E-state index contributed by atoms with van der Waals surface area (Å²) in [7, 11) is 0. The predicted molar refractivity (Wildman–Crippen MR) is 93.1 cm³/mol. The van der Waals surface area contributed by atoms with Crippen LogP contribution in [0.1, 0.15) is 18.4 Å². The van der Waals surface area contributed by atoms with E-state index in [4.69, 9.17) is 5.73 Å². The van der Waals surface area contributed by atoms with Crippen molar-refractivity contribution in [1.29, 1.82) is 0 Å². The molecule has 1 aliphatic rings. The van der Waals surface area contributed by atoms with Crippen LogP contribution in [0.25, 0.3) is 22.3 Å². The van der Waals surface area contributed by atoms with E-state index in [2.05, 4.69) is 32.4 Å². The summed E-state index contributed by atoms with van der Waals surface area (Å²) in [5.41, 5.74) is 10.2. The van der Waals surface area contributed by atoms with E-state index in [0.29, 0.717) is 11.3 Å². The van der Waals surface area contributed by atoms with Gasteiger partial charge in [0, 0.05) is 17.6 Å². The van der Waals surface area contributed by atoms with E-state index in [0.717, 1.165) is 41.7 Å². The van der Waals surface area contributed by atoms with E-state index in [1.165, 1.54) is 6.33 Å². The second kappa shape index (κ2) is 5.81. The maximum Gasteiger partial charge on any atom is 0.153 e. The van der Waals surface area contributed by atoms with E-state index >= 15 is 0 Å². The second-order valence-corrected chi connectivity index (χ2v) is 6.32. The highest BCUT2D eigenvalue weighted by molar-refractivity contribution is 5.85. The lowest BCUT2D eigenvalue weighted by Gasteiger charge is -2.14. The number of hydrogen-bond acceptors (Lipinski definition) is 6. The molecule has 0 amide bonds. The number of hydrogen-bond donors (Lipinski definition) is 3. The van der Waals surface area contributed by atoms with Crippen LogP contribution in [0.4, 0.5) is 5.82 Å². The van der Waals surface area contributed by atoms with Crippen LogP contribution in [-0.2, 0) is 6.54 Å². The fraction of sp³-hybridized carbons (Fsp3) is 0.278. The molecule has 122 valence electrons. The molecule has 1 saturated carbocycles. The summed E-state index contributed by atoms with van der Waals surface area (Å²) >= 11 is 0. The van der Waals surface area contributed by atoms with E-state index in [9.17, 15) is 5.11 Å². The molecule has 2 heterocycles. The lowest BCUT2D eigenvalue weighted by atomic mass is 10.1. The largest absolute Gasteiger partial charge is 0.394 e. The number of aliphatic hydroxyl groups is 1. The van der Waals surface area contributed by atoms with Gasteiger partial charge in [0.05, 0.1) is 17.8 Å². The van der Waals surface area contributed by atoms with Gasteiger partial charge in [-0.05, 0) is 36.6 Å². The van der Waals surface area contributed by atoms with E-state index < -0.39 is 0 Å². The number of nitrogens with two attached hydrogens (primary N) is 1. The molecule has 0 radical (unpaired) electrons. The van der Waals surface area contributed by atoms with Crippen LogP contribution in [0.3, 0.4) is 0 Å². The van der Waals surface area contributed by atoms with Crippen LogP contribution in [0.2, 0.25) is 0 Å². The number of aliphatic hydroxyl groups excluding tert-OH is 1. The highest BCUT2D eigenvalue weighted by Gasteiger charge is 2.41. The zero-order chi connectivity index (χ0) is 16.6. The average molecular weight is 321 g/mol. The van der Waals surface area contributed by atoms with Gasteiger partial charge < -0.3 is 16.2 Å². The standard InChI is InChI=1S/C18H19N5O/c19-17-16-15(20-11-21-17)5-4-14(23-16)13-3-1-2-12(8-13)9-22-18(10-24)6-7-18/h1-5,8,11,22,24H,6-7,9-10H2,(H2,19,20,21). The van der Waals surface area contributed by atoms with Gasteiger partial charge in [0.15, 0.2) is 5.82 Å². The Morgan fingerprint density at radius 3 is 2.83 bits per heavy atom. The maximum atomic E-state index is 9.40. The number of nitrogen functional groups attached to an aromatic ring is 1. The van der Waals surface area contributed by atoms with Crippen molar-refractivity contribution < 1.29 is 5.11 Å². The molecule has 3 aromatic rings. The van der Waals surface area contributed by atoms with Crippen molar-refractivity contribution in [3.63, 3.8) is 0 Å². The average Bonchev–Trinajstić information content (AvgIpc) is 3.41. The predicted octanol–water partition coefficient (Wildman–Crippen LogP) is 1.89. The summed E-state index contributed by atoms with van der Waals surface area (Å²) in [5.74, 6) is 0.387. The van der Waals surface area contributed by atoms with Gasteiger partial charge in [0.2, 0.25) is 0 Å². The fourth-order valence-electron chi connectivity index (χ4n) is 2.79. The van der Waals surface area contributed by atoms with Gasteiger partial charge in [-0.1, -0.05) is 18.2 Å². The number of nitrogens with zero attached hydrogens (tertiary/aromatic N) is 3. The van der Waals surface area contributed by atoms with Gasteiger partial charge >= 0.3 is 0 Å². The Morgan fingerprint density at radius 2 is 2.04 bits per heavy atom. The van der Waals surface area contributed by atoms with Crippen molar-refractivity contribution in [2.24, 2.45) is 0 Å². The van der Waals surface area contributed by atoms with Crippen LogP contribution in [0, 0.1) is 0 Å². The molecule has 6 heteroatoms. The molecule has 24 heavy (non-hydrogen) atoms. The van der Waals surface area contributed by atoms with Crippen LogP contribution in [-0.4, -0.2) is 32.2 Å². The fourth-order valence-corrected chi connectivity index (χ4v) is 2.79. The molecule has 1 fully saturated rings. The third-order valence-electron chi connectivity index (χ3n) is 4.56. The topological polar surface area (TPSA) is 97.0 Å². The van der Waals surface area contributed by atoms with Crippen LogP contribution >= 0.6 is 0 Å². The maximum absolute atomic E-state index is 9.40. The van der Waals surface area contributed by atoms with Crippen molar-refractivity contribution in [3.05, 3.63) is 48.3 Å². The van der Waals surface area contributed by atoms with E-state index in [-0.39, 0.29) is 12.1 Å². The Labute approximate surface area is 139 Å². The Bertz CT molecular complexity index is 891. The molecule has 0 aliphatic heterocycles. The van der Waals surface area contributed by atoms with Crippen molar-refractivity contribution in [1.82, 2.24) is 20.3 Å². The molecular weight excluding hydrogens is 302 g/mol. The molecular formula is C18H19N5O. The minimum Gasteiger partial charge on any atom is -0.394 e. The lowest BCUT2D eigenvalue weighted by molar-refractivity contribution is 0.229. The first kappa shape index (κ1) is 15.0. The zero-order valence-corrected chi connectivity index (χ0v) is 13.2. The Hall–Kier alpha value is -2.57. The Kier molecular flexibility index (Phi) is 3.63. The number of benzene rings is 1. The molecule has 1 aromatic carbocycles. The monoisotopic (exact) mass is 321 g/mol. The molecule has 4 rings (SSSR count). The summed E-state index contributed by atoms with van der Waals surface area (Å²) in [5, 5.41) is 12.8. The van der Waals surface area contributed by atoms with Crippen molar-refractivity contribution in [3.8, 4) is 11.3 Å². The number of pyridine rings is 1. The van der Waals surface area contributed by atoms with Gasteiger partial charge in [-0.15, -0.1) is 0 Å². The highest BCUT2D eigenvalue weighted by Crippen LogP contribution is 2.35. The van der Waals surface area contributed by atoms with E-state index in [1.54, 1.807) is 0 Å². The summed E-state index contributed by atoms with van der Waals surface area (Å²) in [6.45, 7) is 0.922. The SMILES string of the molecule is Nc1ncnc2ccc(-c3cccc(CNC4(CO)CC4)c3)nc12. The molecule has 0 atom stereocenters. The molecule has 0 bridgehead atoms. The summed E-state index contributed by atoms with van der Waals surface area (Å²) in [4.78, 5) is 12.8. The number of nitrogens with one attached hydrogen (secondary N) is 1. The summed E-state index contributed by atoms with van der Waals surface area (Å²) in [6, 6.07) is 12.1. The summed E-state index contributed by atoms with van der Waals surface area (Å²) < 4.78 is 0.